The molecule has 0 saturated carbocycles. The van der Waals surface area contributed by atoms with E-state index in [0.717, 1.165) is 55.5 Å². The summed E-state index contributed by atoms with van der Waals surface area (Å²) in [6.45, 7) is 9.35. The van der Waals surface area contributed by atoms with Gasteiger partial charge in [0.25, 0.3) is 5.69 Å². The van der Waals surface area contributed by atoms with Gasteiger partial charge in [0, 0.05) is 62.1 Å². The van der Waals surface area contributed by atoms with Crippen molar-refractivity contribution in [2.24, 2.45) is 0 Å². The number of hydrogen-bond acceptors (Lipinski definition) is 9. The van der Waals surface area contributed by atoms with Gasteiger partial charge in [0.05, 0.1) is 11.0 Å². The van der Waals surface area contributed by atoms with Crippen molar-refractivity contribution in [3.8, 4) is 11.4 Å². The number of rotatable bonds is 6. The minimum absolute atomic E-state index is 0.0502. The highest BCUT2D eigenvalue weighted by atomic mass is 16.6. The highest BCUT2D eigenvalue weighted by Gasteiger charge is 2.26. The number of hydrogen-bond donors (Lipinski definition) is 0. The molecule has 4 rings (SSSR count). The Balaban J connectivity index is 1.46. The van der Waals surface area contributed by atoms with Crippen LogP contribution in [0.25, 0.3) is 11.4 Å². The second kappa shape index (κ2) is 8.76. The molecule has 31 heavy (non-hydrogen) atoms. The molecule has 10 heteroatoms. The first kappa shape index (κ1) is 20.9. The molecule has 1 saturated heterocycles. The number of nitro benzene ring substituents is 1. The number of piperazine rings is 1. The Kier molecular flexibility index (Phi) is 5.90. The number of nitro groups is 1. The lowest BCUT2D eigenvalue weighted by atomic mass is 10.2. The normalized spacial score (nSPS) is 15.8. The quantitative estimate of drug-likeness (QED) is 0.435. The van der Waals surface area contributed by atoms with E-state index in [1.54, 1.807) is 12.1 Å². The number of non-ortho nitro benzene ring substituents is 1. The maximum atomic E-state index is 10.9. The van der Waals surface area contributed by atoms with E-state index in [9.17, 15) is 10.1 Å². The highest BCUT2D eigenvalue weighted by Crippen LogP contribution is 2.25. The molecule has 1 aromatic carbocycles. The topological polar surface area (TPSA) is 114 Å². The molecule has 1 aliphatic rings. The van der Waals surface area contributed by atoms with Gasteiger partial charge < -0.3 is 9.42 Å². The molecule has 1 unspecified atom stereocenters. The van der Waals surface area contributed by atoms with Crippen LogP contribution >= 0.6 is 0 Å². The predicted molar refractivity (Wildman–Crippen MR) is 115 cm³/mol. The molecule has 0 N–H and O–H groups in total. The van der Waals surface area contributed by atoms with Crippen LogP contribution in [-0.4, -0.2) is 56.1 Å². The molecular formula is C21H25N7O3. The van der Waals surface area contributed by atoms with Gasteiger partial charge in [-0.1, -0.05) is 12.1 Å². The van der Waals surface area contributed by atoms with Gasteiger partial charge >= 0.3 is 0 Å². The van der Waals surface area contributed by atoms with E-state index in [1.165, 1.54) is 12.1 Å². The Morgan fingerprint density at radius 3 is 2.45 bits per heavy atom. The van der Waals surface area contributed by atoms with Crippen molar-refractivity contribution in [3.05, 3.63) is 57.9 Å². The zero-order valence-electron chi connectivity index (χ0n) is 17.9. The highest BCUT2D eigenvalue weighted by molar-refractivity contribution is 5.60. The van der Waals surface area contributed by atoms with Gasteiger partial charge in [-0.25, -0.2) is 9.97 Å². The summed E-state index contributed by atoms with van der Waals surface area (Å²) in [5, 5.41) is 14.9. The zero-order valence-corrected chi connectivity index (χ0v) is 17.9. The van der Waals surface area contributed by atoms with Crippen LogP contribution in [-0.2, 0) is 6.42 Å². The maximum Gasteiger partial charge on any atom is 0.269 e. The first-order valence-electron chi connectivity index (χ1n) is 10.4. The Morgan fingerprint density at radius 2 is 1.84 bits per heavy atom. The lowest BCUT2D eigenvalue weighted by Crippen LogP contribution is -2.47. The van der Waals surface area contributed by atoms with Crippen molar-refractivity contribution < 1.29 is 9.45 Å². The molecule has 1 aliphatic heterocycles. The van der Waals surface area contributed by atoms with E-state index in [1.807, 2.05) is 19.9 Å². The smallest absolute Gasteiger partial charge is 0.269 e. The molecule has 0 amide bonds. The molecule has 10 nitrogen and oxygen atoms in total. The van der Waals surface area contributed by atoms with Crippen molar-refractivity contribution in [2.75, 3.05) is 31.1 Å². The summed E-state index contributed by atoms with van der Waals surface area (Å²) in [6.07, 6.45) is 0.758. The third-order valence-corrected chi connectivity index (χ3v) is 5.52. The molecule has 3 aromatic rings. The van der Waals surface area contributed by atoms with E-state index in [-0.39, 0.29) is 11.7 Å². The summed E-state index contributed by atoms with van der Waals surface area (Å²) >= 11 is 0. The molecule has 0 bridgehead atoms. The van der Waals surface area contributed by atoms with Crippen LogP contribution in [0.2, 0.25) is 0 Å². The van der Waals surface area contributed by atoms with E-state index in [2.05, 4.69) is 31.8 Å². The van der Waals surface area contributed by atoms with Crippen LogP contribution in [0, 0.1) is 17.0 Å². The third-order valence-electron chi connectivity index (χ3n) is 5.52. The van der Waals surface area contributed by atoms with E-state index >= 15 is 0 Å². The molecular weight excluding hydrogens is 398 g/mol. The van der Waals surface area contributed by atoms with Crippen molar-refractivity contribution in [2.45, 2.75) is 33.2 Å². The largest absolute Gasteiger partial charge is 0.354 e. The van der Waals surface area contributed by atoms with Crippen molar-refractivity contribution in [1.29, 1.82) is 0 Å². The summed E-state index contributed by atoms with van der Waals surface area (Å²) in [4.78, 5) is 28.8. The molecule has 1 atom stereocenters. The monoisotopic (exact) mass is 423 g/mol. The third kappa shape index (κ3) is 4.53. The Bertz CT molecular complexity index is 1060. The van der Waals surface area contributed by atoms with Gasteiger partial charge in [-0.3, -0.25) is 15.0 Å². The van der Waals surface area contributed by atoms with Gasteiger partial charge in [0.15, 0.2) is 11.6 Å². The van der Waals surface area contributed by atoms with Crippen LogP contribution in [0.3, 0.4) is 0 Å². The number of aryl methyl sites for hydroxylation is 2. The molecule has 3 heterocycles. The Hall–Kier alpha value is -3.40. The van der Waals surface area contributed by atoms with Crippen LogP contribution in [0.5, 0.6) is 0 Å². The second-order valence-corrected chi connectivity index (χ2v) is 7.60. The Morgan fingerprint density at radius 1 is 1.13 bits per heavy atom. The summed E-state index contributed by atoms with van der Waals surface area (Å²) < 4.78 is 5.41. The minimum atomic E-state index is -0.413. The number of aromatic nitrogens is 4. The summed E-state index contributed by atoms with van der Waals surface area (Å²) in [5.74, 6) is 2.82. The molecule has 1 fully saturated rings. The summed E-state index contributed by atoms with van der Waals surface area (Å²) in [6, 6.07) is 8.36. The van der Waals surface area contributed by atoms with Crippen LogP contribution in [0.4, 0.5) is 11.5 Å². The van der Waals surface area contributed by atoms with Crippen LogP contribution in [0.1, 0.15) is 37.3 Å². The fraction of sp³-hybridized carbons (Fsp3) is 0.429. The molecule has 0 radical (unpaired) electrons. The Labute approximate surface area is 180 Å². The van der Waals surface area contributed by atoms with Crippen molar-refractivity contribution in [3.63, 3.8) is 0 Å². The standard InChI is InChI=1S/C21H25N7O3/c1-4-18-23-21(31-25-18)15(3)26-9-11-27(12-10-26)19-13-14(2)22-20(24-19)16-5-7-17(8-6-16)28(29)30/h5-8,13,15H,4,9-12H2,1-3H3. The van der Waals surface area contributed by atoms with E-state index < -0.39 is 4.92 Å². The predicted octanol–water partition coefficient (Wildman–Crippen LogP) is 3.19. The van der Waals surface area contributed by atoms with E-state index in [4.69, 9.17) is 9.51 Å². The number of benzene rings is 1. The van der Waals surface area contributed by atoms with Gasteiger partial charge in [-0.15, -0.1) is 0 Å². The van der Waals surface area contributed by atoms with E-state index in [0.29, 0.717) is 11.7 Å². The van der Waals surface area contributed by atoms with Crippen molar-refractivity contribution >= 4 is 11.5 Å². The van der Waals surface area contributed by atoms with Gasteiger partial charge in [-0.2, -0.15) is 4.98 Å². The van der Waals surface area contributed by atoms with Crippen LogP contribution in [0.15, 0.2) is 34.9 Å². The molecule has 0 spiro atoms. The van der Waals surface area contributed by atoms with Crippen LogP contribution < -0.4 is 4.90 Å². The number of nitrogens with zero attached hydrogens (tertiary/aromatic N) is 7. The lowest BCUT2D eigenvalue weighted by molar-refractivity contribution is -0.384. The first-order valence-corrected chi connectivity index (χ1v) is 10.4. The molecule has 0 aliphatic carbocycles. The first-order chi connectivity index (χ1) is 14.9. The van der Waals surface area contributed by atoms with Crippen molar-refractivity contribution in [1.82, 2.24) is 25.0 Å². The van der Waals surface area contributed by atoms with Gasteiger partial charge in [0.2, 0.25) is 5.89 Å². The fourth-order valence-electron chi connectivity index (χ4n) is 3.65. The maximum absolute atomic E-state index is 10.9. The molecule has 2 aromatic heterocycles. The minimum Gasteiger partial charge on any atom is -0.354 e. The fourth-order valence-corrected chi connectivity index (χ4v) is 3.65. The zero-order chi connectivity index (χ0) is 22.0. The molecule has 162 valence electrons. The summed E-state index contributed by atoms with van der Waals surface area (Å²) in [7, 11) is 0. The average Bonchev–Trinajstić information content (AvgIpc) is 3.28. The van der Waals surface area contributed by atoms with Gasteiger partial charge in [-0.05, 0) is 26.0 Å². The average molecular weight is 423 g/mol. The van der Waals surface area contributed by atoms with Gasteiger partial charge in [0.1, 0.15) is 5.82 Å². The number of anilines is 1. The SMILES string of the molecule is CCc1noc(C(C)N2CCN(c3cc(C)nc(-c4ccc([N+](=O)[O-])cc4)n3)CC2)n1. The second-order valence-electron chi connectivity index (χ2n) is 7.60. The lowest BCUT2D eigenvalue weighted by Gasteiger charge is -2.37. The summed E-state index contributed by atoms with van der Waals surface area (Å²) in [5.41, 5.74) is 1.66.